The van der Waals surface area contributed by atoms with Gasteiger partial charge in [0.1, 0.15) is 11.6 Å². The van der Waals surface area contributed by atoms with Crippen molar-refractivity contribution in [2.24, 2.45) is 0 Å². The lowest BCUT2D eigenvalue weighted by molar-refractivity contribution is 0.222. The van der Waals surface area contributed by atoms with Gasteiger partial charge in [0, 0.05) is 11.8 Å². The van der Waals surface area contributed by atoms with Gasteiger partial charge in [0.05, 0.1) is 35.7 Å². The number of hydrogen-bond acceptors (Lipinski definition) is 6. The normalized spacial score (nSPS) is 15.7. The van der Waals surface area contributed by atoms with Gasteiger partial charge in [-0.25, -0.2) is 4.98 Å². The van der Waals surface area contributed by atoms with Crippen molar-refractivity contribution < 1.29 is 4.74 Å². The largest absolute Gasteiger partial charge is 0.495 e. The van der Waals surface area contributed by atoms with Crippen molar-refractivity contribution in [3.63, 3.8) is 0 Å². The number of nitrogens with one attached hydrogen (secondary N) is 1. The number of likely N-dealkylation sites (tertiary alicyclic amines) is 1. The molecule has 29 heavy (non-hydrogen) atoms. The van der Waals surface area contributed by atoms with Crippen LogP contribution in [0.15, 0.2) is 41.3 Å². The van der Waals surface area contributed by atoms with Crippen LogP contribution in [0.3, 0.4) is 0 Å². The summed E-state index contributed by atoms with van der Waals surface area (Å²) in [5, 5.41) is 1.26. The molecule has 1 aliphatic rings. The van der Waals surface area contributed by atoms with Crippen molar-refractivity contribution in [2.75, 3.05) is 20.2 Å². The molecule has 0 unspecified atom stereocenters. The van der Waals surface area contributed by atoms with Crippen molar-refractivity contribution in [3.8, 4) is 5.75 Å². The molecular formula is C22H26N4O2S. The Kier molecular flexibility index (Phi) is 6.16. The molecule has 2 aromatic heterocycles. The Hall–Kier alpha value is -2.38. The topological polar surface area (TPSA) is 71.1 Å². The van der Waals surface area contributed by atoms with Gasteiger partial charge in [-0.3, -0.25) is 14.7 Å². The number of methoxy groups -OCH3 is 1. The van der Waals surface area contributed by atoms with Crippen LogP contribution in [0.2, 0.25) is 0 Å². The number of H-pyrrole nitrogens is 1. The molecule has 152 valence electrons. The van der Waals surface area contributed by atoms with Crippen molar-refractivity contribution in [2.45, 2.75) is 37.3 Å². The van der Waals surface area contributed by atoms with Gasteiger partial charge in [-0.2, -0.15) is 11.8 Å². The summed E-state index contributed by atoms with van der Waals surface area (Å²) in [5.41, 5.74) is 2.88. The highest BCUT2D eigenvalue weighted by atomic mass is 32.2. The fourth-order valence-electron chi connectivity index (χ4n) is 3.71. The lowest BCUT2D eigenvalue weighted by Gasteiger charge is -2.31. The van der Waals surface area contributed by atoms with Gasteiger partial charge in [-0.05, 0) is 56.6 Å². The Morgan fingerprint density at radius 1 is 1.24 bits per heavy atom. The maximum atomic E-state index is 12.3. The van der Waals surface area contributed by atoms with Gasteiger partial charge < -0.3 is 9.72 Å². The molecule has 4 rings (SSSR count). The number of aryl methyl sites for hydroxylation is 1. The summed E-state index contributed by atoms with van der Waals surface area (Å²) in [6.07, 6.45) is 4.05. The molecule has 1 saturated heterocycles. The monoisotopic (exact) mass is 410 g/mol. The molecule has 0 spiro atoms. The molecule has 0 aliphatic carbocycles. The molecule has 3 aromatic rings. The van der Waals surface area contributed by atoms with Crippen LogP contribution in [0.5, 0.6) is 5.75 Å². The number of rotatable bonds is 6. The van der Waals surface area contributed by atoms with E-state index in [1.807, 2.05) is 49.0 Å². The zero-order chi connectivity index (χ0) is 20.2. The van der Waals surface area contributed by atoms with E-state index in [-0.39, 0.29) is 5.56 Å². The van der Waals surface area contributed by atoms with E-state index in [2.05, 4.69) is 14.9 Å². The molecule has 0 saturated carbocycles. The van der Waals surface area contributed by atoms with Gasteiger partial charge >= 0.3 is 0 Å². The third-order valence-electron chi connectivity index (χ3n) is 5.40. The fraction of sp³-hybridized carbons (Fsp3) is 0.409. The highest BCUT2D eigenvalue weighted by Crippen LogP contribution is 2.26. The summed E-state index contributed by atoms with van der Waals surface area (Å²) < 4.78 is 5.17. The number of piperidine rings is 1. The van der Waals surface area contributed by atoms with Crippen molar-refractivity contribution in [1.82, 2.24) is 19.9 Å². The van der Waals surface area contributed by atoms with E-state index in [9.17, 15) is 4.79 Å². The Morgan fingerprint density at radius 3 is 2.79 bits per heavy atom. The first-order valence-corrected chi connectivity index (χ1v) is 11.0. The molecule has 0 amide bonds. The predicted molar refractivity (Wildman–Crippen MR) is 117 cm³/mol. The van der Waals surface area contributed by atoms with Gasteiger partial charge in [-0.1, -0.05) is 12.1 Å². The average Bonchev–Trinajstić information content (AvgIpc) is 2.75. The predicted octanol–water partition coefficient (Wildman–Crippen LogP) is 3.53. The SMILES string of the molecule is COc1ccc(CN2CCC(SCc3nc4c(C)cccc4c(=O)[nH]3)CC2)nc1. The van der Waals surface area contributed by atoms with E-state index in [4.69, 9.17) is 9.72 Å². The van der Waals surface area contributed by atoms with Crippen LogP contribution in [0.1, 0.15) is 29.9 Å². The number of ether oxygens (including phenoxy) is 1. The second-order valence-corrected chi connectivity index (χ2v) is 8.75. The van der Waals surface area contributed by atoms with Gasteiger partial charge in [-0.15, -0.1) is 0 Å². The average molecular weight is 411 g/mol. The molecule has 1 aromatic carbocycles. The Balaban J connectivity index is 1.30. The first-order valence-electron chi connectivity index (χ1n) is 9.94. The third-order valence-corrected chi connectivity index (χ3v) is 6.78. The summed E-state index contributed by atoms with van der Waals surface area (Å²) in [4.78, 5) is 26.9. The van der Waals surface area contributed by atoms with Crippen LogP contribution in [0.25, 0.3) is 10.9 Å². The van der Waals surface area contributed by atoms with Gasteiger partial charge in [0.25, 0.3) is 5.56 Å². The number of fused-ring (bicyclic) bond motifs is 1. The Labute approximate surface area is 174 Å². The van der Waals surface area contributed by atoms with Crippen molar-refractivity contribution in [1.29, 1.82) is 0 Å². The molecule has 6 nitrogen and oxygen atoms in total. The van der Waals surface area contributed by atoms with E-state index >= 15 is 0 Å². The summed E-state index contributed by atoms with van der Waals surface area (Å²) in [5.74, 6) is 2.30. The summed E-state index contributed by atoms with van der Waals surface area (Å²) in [7, 11) is 1.66. The van der Waals surface area contributed by atoms with Gasteiger partial charge in [0.2, 0.25) is 0 Å². The number of para-hydroxylation sites is 1. The second-order valence-electron chi connectivity index (χ2n) is 7.46. The molecule has 7 heteroatoms. The molecule has 1 aliphatic heterocycles. The summed E-state index contributed by atoms with van der Waals surface area (Å²) >= 11 is 1.90. The minimum atomic E-state index is -0.0453. The van der Waals surface area contributed by atoms with Crippen molar-refractivity contribution >= 4 is 22.7 Å². The van der Waals surface area contributed by atoms with E-state index in [1.165, 1.54) is 0 Å². The first-order chi connectivity index (χ1) is 14.1. The van der Waals surface area contributed by atoms with Crippen LogP contribution in [-0.4, -0.2) is 45.3 Å². The number of aromatic amines is 1. The standard InChI is InChI=1S/C22H26N4O2S/c1-15-4-3-5-19-21(15)24-20(25-22(19)27)14-29-18-8-10-26(11-9-18)13-16-6-7-17(28-2)12-23-16/h3-7,12,18H,8-11,13-14H2,1-2H3,(H,24,25,27). The van der Waals surface area contributed by atoms with E-state index in [0.717, 1.165) is 66.6 Å². The zero-order valence-corrected chi connectivity index (χ0v) is 17.7. The molecule has 3 heterocycles. The van der Waals surface area contributed by atoms with E-state index < -0.39 is 0 Å². The lowest BCUT2D eigenvalue weighted by atomic mass is 10.1. The van der Waals surface area contributed by atoms with Crippen LogP contribution >= 0.6 is 11.8 Å². The first kappa shape index (κ1) is 19.9. The highest BCUT2D eigenvalue weighted by Gasteiger charge is 2.20. The molecule has 0 radical (unpaired) electrons. The molecular weight excluding hydrogens is 384 g/mol. The zero-order valence-electron chi connectivity index (χ0n) is 16.9. The lowest BCUT2D eigenvalue weighted by Crippen LogP contribution is -2.34. The smallest absolute Gasteiger partial charge is 0.258 e. The molecule has 1 fully saturated rings. The highest BCUT2D eigenvalue weighted by molar-refractivity contribution is 7.99. The Morgan fingerprint density at radius 2 is 2.07 bits per heavy atom. The number of benzene rings is 1. The van der Waals surface area contributed by atoms with Crippen molar-refractivity contribution in [3.05, 3.63) is 64.0 Å². The number of nitrogens with zero attached hydrogens (tertiary/aromatic N) is 3. The molecule has 0 atom stereocenters. The van der Waals surface area contributed by atoms with E-state index in [1.54, 1.807) is 13.3 Å². The Bertz CT molecular complexity index is 1030. The summed E-state index contributed by atoms with van der Waals surface area (Å²) in [6.45, 7) is 5.00. The second kappa shape index (κ2) is 8.97. The van der Waals surface area contributed by atoms with Crippen LogP contribution in [0, 0.1) is 6.92 Å². The van der Waals surface area contributed by atoms with E-state index in [0.29, 0.717) is 10.6 Å². The van der Waals surface area contributed by atoms with Crippen LogP contribution in [0.4, 0.5) is 0 Å². The number of pyridine rings is 1. The summed E-state index contributed by atoms with van der Waals surface area (Å²) in [6, 6.07) is 9.73. The maximum Gasteiger partial charge on any atom is 0.258 e. The van der Waals surface area contributed by atoms with Crippen LogP contribution < -0.4 is 10.3 Å². The van der Waals surface area contributed by atoms with Crippen LogP contribution in [-0.2, 0) is 12.3 Å². The molecule has 0 bridgehead atoms. The number of hydrogen-bond donors (Lipinski definition) is 1. The maximum absolute atomic E-state index is 12.3. The fourth-order valence-corrected chi connectivity index (χ4v) is 4.78. The number of aromatic nitrogens is 3. The minimum Gasteiger partial charge on any atom is -0.495 e. The van der Waals surface area contributed by atoms with Gasteiger partial charge in [0.15, 0.2) is 0 Å². The third kappa shape index (κ3) is 4.79. The molecule has 1 N–H and O–H groups in total. The quantitative estimate of drug-likeness (QED) is 0.670. The minimum absolute atomic E-state index is 0.0453. The number of thioether (sulfide) groups is 1.